The van der Waals surface area contributed by atoms with Gasteiger partial charge in [-0.1, -0.05) is 6.07 Å². The molecule has 1 aliphatic heterocycles. The molecule has 1 aliphatic rings. The zero-order valence-electron chi connectivity index (χ0n) is 16.5. The van der Waals surface area contributed by atoms with E-state index in [1.165, 1.54) is 31.4 Å². The molecule has 0 saturated carbocycles. The molecule has 12 heteroatoms. The second-order valence-corrected chi connectivity index (χ2v) is 6.18. The largest absolute Gasteiger partial charge is 0.493 e. The molecule has 2 aromatic rings. The van der Waals surface area contributed by atoms with Crippen molar-refractivity contribution in [1.29, 1.82) is 5.26 Å². The van der Waals surface area contributed by atoms with Crippen molar-refractivity contribution in [2.45, 2.75) is 6.61 Å². The van der Waals surface area contributed by atoms with E-state index in [0.29, 0.717) is 0 Å². The third-order valence-corrected chi connectivity index (χ3v) is 4.19. The predicted octanol–water partition coefficient (Wildman–Crippen LogP) is 3.52. The van der Waals surface area contributed by atoms with E-state index in [0.717, 1.165) is 12.1 Å². The number of nitro groups is 1. The Bertz CT molecular complexity index is 1130. The van der Waals surface area contributed by atoms with E-state index in [-0.39, 0.29) is 47.5 Å². The summed E-state index contributed by atoms with van der Waals surface area (Å²) >= 11 is 0. The van der Waals surface area contributed by atoms with Gasteiger partial charge < -0.3 is 24.3 Å². The van der Waals surface area contributed by atoms with Crippen LogP contribution in [0.25, 0.3) is 6.08 Å². The zero-order chi connectivity index (χ0) is 23.3. The molecule has 2 aromatic carbocycles. The molecule has 0 fully saturated rings. The number of fused-ring (bicyclic) bond motifs is 1. The van der Waals surface area contributed by atoms with E-state index >= 15 is 0 Å². The number of ether oxygens (including phenoxy) is 4. The number of amides is 1. The molecule has 1 heterocycles. The molecule has 1 N–H and O–H groups in total. The van der Waals surface area contributed by atoms with Crippen LogP contribution in [0.3, 0.4) is 0 Å². The molecule has 166 valence electrons. The first kappa shape index (κ1) is 22.3. The van der Waals surface area contributed by atoms with Crippen LogP contribution in [0.5, 0.6) is 23.0 Å². The lowest BCUT2D eigenvalue weighted by atomic mass is 10.1. The van der Waals surface area contributed by atoms with Crippen molar-refractivity contribution in [3.05, 3.63) is 51.6 Å². The highest BCUT2D eigenvalue weighted by atomic mass is 19.3. The average Bonchev–Trinajstić information content (AvgIpc) is 2.77. The summed E-state index contributed by atoms with van der Waals surface area (Å²) in [6.07, 6.45) is 1.16. The number of carbonyl (C=O) groups excluding carboxylic acids is 1. The Morgan fingerprint density at radius 2 is 1.94 bits per heavy atom. The Labute approximate surface area is 179 Å². The SMILES string of the molecule is COc1cc(C=C(C#N)C(=O)Nc2cc3c(cc2[N+](=O)[O-])OCCO3)ccc1OC(F)F. The number of nitrogens with zero attached hydrogens (tertiary/aromatic N) is 2. The highest BCUT2D eigenvalue weighted by Gasteiger charge is 2.24. The van der Waals surface area contributed by atoms with Crippen molar-refractivity contribution in [2.24, 2.45) is 0 Å². The second kappa shape index (κ2) is 9.61. The number of anilines is 1. The van der Waals surface area contributed by atoms with Crippen molar-refractivity contribution in [1.82, 2.24) is 0 Å². The standard InChI is InChI=1S/C20H15F2N3O7/c1-29-16-7-11(2-3-15(16)32-20(21)22)6-12(10-23)19(26)24-13-8-17-18(31-5-4-30-17)9-14(13)25(27)28/h2-3,6-9,20H,4-5H2,1H3,(H,24,26). The lowest BCUT2D eigenvalue weighted by Gasteiger charge is -2.19. The molecule has 0 aliphatic carbocycles. The van der Waals surface area contributed by atoms with Gasteiger partial charge >= 0.3 is 6.61 Å². The van der Waals surface area contributed by atoms with E-state index in [4.69, 9.17) is 14.2 Å². The molecular formula is C20H15F2N3O7. The van der Waals surface area contributed by atoms with Crippen molar-refractivity contribution < 1.29 is 37.4 Å². The minimum absolute atomic E-state index is 0.0424. The lowest BCUT2D eigenvalue weighted by molar-refractivity contribution is -0.384. The molecule has 0 unspecified atom stereocenters. The number of nitriles is 1. The molecule has 0 saturated heterocycles. The van der Waals surface area contributed by atoms with Crippen molar-refractivity contribution in [3.8, 4) is 29.1 Å². The fourth-order valence-corrected chi connectivity index (χ4v) is 2.80. The Balaban J connectivity index is 1.89. The van der Waals surface area contributed by atoms with Gasteiger partial charge in [0, 0.05) is 6.07 Å². The molecular weight excluding hydrogens is 432 g/mol. The monoisotopic (exact) mass is 447 g/mol. The van der Waals surface area contributed by atoms with Crippen LogP contribution in [0.15, 0.2) is 35.9 Å². The summed E-state index contributed by atoms with van der Waals surface area (Å²) in [6, 6.07) is 7.86. The first-order valence-corrected chi connectivity index (χ1v) is 8.96. The Hall–Kier alpha value is -4.40. The van der Waals surface area contributed by atoms with Crippen LogP contribution in [0.1, 0.15) is 5.56 Å². The maximum absolute atomic E-state index is 12.6. The Morgan fingerprint density at radius 1 is 1.25 bits per heavy atom. The van der Waals surface area contributed by atoms with Crippen LogP contribution >= 0.6 is 0 Å². The highest BCUT2D eigenvalue weighted by molar-refractivity contribution is 6.10. The number of nitrogens with one attached hydrogen (secondary N) is 1. The predicted molar refractivity (Wildman–Crippen MR) is 106 cm³/mol. The van der Waals surface area contributed by atoms with Crippen LogP contribution in [0.4, 0.5) is 20.2 Å². The zero-order valence-corrected chi connectivity index (χ0v) is 16.5. The van der Waals surface area contributed by atoms with Crippen LogP contribution in [0, 0.1) is 21.4 Å². The Kier molecular flexibility index (Phi) is 6.69. The molecule has 0 spiro atoms. The minimum atomic E-state index is -3.06. The number of rotatable bonds is 7. The first-order chi connectivity index (χ1) is 15.3. The van der Waals surface area contributed by atoms with E-state index in [1.807, 2.05) is 0 Å². The summed E-state index contributed by atoms with van der Waals surface area (Å²) in [5, 5.41) is 23.1. The maximum atomic E-state index is 12.6. The normalized spacial score (nSPS) is 12.7. The van der Waals surface area contributed by atoms with Gasteiger partial charge in [0.1, 0.15) is 30.5 Å². The van der Waals surface area contributed by atoms with Crippen molar-refractivity contribution in [3.63, 3.8) is 0 Å². The van der Waals surface area contributed by atoms with Gasteiger partial charge in [0.05, 0.1) is 18.1 Å². The first-order valence-electron chi connectivity index (χ1n) is 8.96. The summed E-state index contributed by atoms with van der Waals surface area (Å²) in [5.74, 6) is -0.831. The van der Waals surface area contributed by atoms with Gasteiger partial charge in [-0.2, -0.15) is 14.0 Å². The summed E-state index contributed by atoms with van der Waals surface area (Å²) in [6.45, 7) is -2.61. The number of hydrogen-bond donors (Lipinski definition) is 1. The summed E-state index contributed by atoms with van der Waals surface area (Å²) in [7, 11) is 1.24. The minimum Gasteiger partial charge on any atom is -0.493 e. The molecule has 0 aromatic heterocycles. The maximum Gasteiger partial charge on any atom is 0.387 e. The quantitative estimate of drug-likeness (QED) is 0.295. The summed E-state index contributed by atoms with van der Waals surface area (Å²) in [5.41, 5.74) is -0.774. The van der Waals surface area contributed by atoms with Gasteiger partial charge in [-0.3, -0.25) is 14.9 Å². The molecule has 0 radical (unpaired) electrons. The number of carbonyl (C=O) groups is 1. The van der Waals surface area contributed by atoms with Gasteiger partial charge in [0.2, 0.25) is 0 Å². The van der Waals surface area contributed by atoms with Gasteiger partial charge in [-0.05, 0) is 23.8 Å². The van der Waals surface area contributed by atoms with Crippen LogP contribution in [-0.2, 0) is 4.79 Å². The fraction of sp³-hybridized carbons (Fsp3) is 0.200. The number of benzene rings is 2. The third kappa shape index (κ3) is 5.01. The third-order valence-electron chi connectivity index (χ3n) is 4.19. The molecule has 0 bridgehead atoms. The van der Waals surface area contributed by atoms with Crippen molar-refractivity contribution >= 4 is 23.4 Å². The van der Waals surface area contributed by atoms with Crippen LogP contribution in [-0.4, -0.2) is 37.8 Å². The number of halogens is 2. The van der Waals surface area contributed by atoms with Gasteiger partial charge in [0.25, 0.3) is 11.6 Å². The van der Waals surface area contributed by atoms with E-state index < -0.39 is 28.7 Å². The second-order valence-electron chi connectivity index (χ2n) is 6.18. The summed E-state index contributed by atoms with van der Waals surface area (Å²) in [4.78, 5) is 23.3. The number of alkyl halides is 2. The van der Waals surface area contributed by atoms with Crippen molar-refractivity contribution in [2.75, 3.05) is 25.6 Å². The lowest BCUT2D eigenvalue weighted by Crippen LogP contribution is -2.18. The summed E-state index contributed by atoms with van der Waals surface area (Å²) < 4.78 is 44.9. The van der Waals surface area contributed by atoms with E-state index in [1.54, 1.807) is 6.07 Å². The van der Waals surface area contributed by atoms with Gasteiger partial charge in [0.15, 0.2) is 23.0 Å². The molecule has 10 nitrogen and oxygen atoms in total. The smallest absolute Gasteiger partial charge is 0.387 e. The topological polar surface area (TPSA) is 133 Å². The number of nitro benzene ring substituents is 1. The molecule has 1 amide bonds. The average molecular weight is 447 g/mol. The number of hydrogen-bond acceptors (Lipinski definition) is 8. The molecule has 0 atom stereocenters. The van der Waals surface area contributed by atoms with Crippen LogP contribution < -0.4 is 24.3 Å². The molecule has 3 rings (SSSR count). The highest BCUT2D eigenvalue weighted by Crippen LogP contribution is 2.39. The number of methoxy groups -OCH3 is 1. The van der Waals surface area contributed by atoms with Crippen LogP contribution in [0.2, 0.25) is 0 Å². The fourth-order valence-electron chi connectivity index (χ4n) is 2.80. The Morgan fingerprint density at radius 3 is 2.53 bits per heavy atom. The van der Waals surface area contributed by atoms with E-state index in [2.05, 4.69) is 10.1 Å². The molecule has 32 heavy (non-hydrogen) atoms. The van der Waals surface area contributed by atoms with E-state index in [9.17, 15) is 29.0 Å². The van der Waals surface area contributed by atoms with Gasteiger partial charge in [-0.15, -0.1) is 0 Å². The van der Waals surface area contributed by atoms with Gasteiger partial charge in [-0.25, -0.2) is 0 Å².